The van der Waals surface area contributed by atoms with Crippen LogP contribution >= 0.6 is 0 Å². The van der Waals surface area contributed by atoms with E-state index in [4.69, 9.17) is 10.5 Å². The van der Waals surface area contributed by atoms with Crippen LogP contribution in [0.5, 0.6) is 5.75 Å². The number of aromatic hydroxyl groups is 1. The Morgan fingerprint density at radius 3 is 2.36 bits per heavy atom. The second-order valence-electron chi connectivity index (χ2n) is 10.5. The fourth-order valence-corrected chi connectivity index (χ4v) is 6.10. The lowest BCUT2D eigenvalue weighted by Gasteiger charge is -2.50. The molecule has 0 radical (unpaired) electrons. The third-order valence-corrected chi connectivity index (χ3v) is 7.73. The van der Waals surface area contributed by atoms with Crippen molar-refractivity contribution in [2.45, 2.75) is 24.5 Å². The highest BCUT2D eigenvalue weighted by Crippen LogP contribution is 2.54. The molecule has 1 aromatic carbocycles. The number of anilines is 2. The Hall–Kier alpha value is -3.94. The zero-order chi connectivity index (χ0) is 29.1. The Morgan fingerprint density at radius 2 is 1.82 bits per heavy atom. The number of ether oxygens (including phenoxy) is 1. The van der Waals surface area contributed by atoms with E-state index in [1.54, 1.807) is 19.0 Å². The molecule has 39 heavy (non-hydrogen) atoms. The molecule has 4 rings (SSSR count). The average Bonchev–Trinajstić information content (AvgIpc) is 2.82. The first kappa shape index (κ1) is 28.1. The summed E-state index contributed by atoms with van der Waals surface area (Å²) >= 11 is 0. The molecular weight excluding hydrogens is 512 g/mol. The lowest BCUT2D eigenvalue weighted by molar-refractivity contribution is -0.153. The van der Waals surface area contributed by atoms with Crippen LogP contribution in [0.3, 0.4) is 0 Å². The fourth-order valence-electron chi connectivity index (χ4n) is 6.10. The zero-order valence-corrected chi connectivity index (χ0v) is 22.2. The van der Waals surface area contributed by atoms with Gasteiger partial charge in [-0.1, -0.05) is 0 Å². The number of nitrogens with zero attached hydrogens (tertiary/aromatic N) is 2. The summed E-state index contributed by atoms with van der Waals surface area (Å²) in [5.74, 6) is -7.98. The highest BCUT2D eigenvalue weighted by Gasteiger charge is 2.64. The van der Waals surface area contributed by atoms with Gasteiger partial charge in [-0.2, -0.15) is 0 Å². The van der Waals surface area contributed by atoms with Crippen molar-refractivity contribution in [1.82, 2.24) is 4.90 Å². The maximum atomic E-state index is 13.9. The molecule has 4 atom stereocenters. The maximum Gasteiger partial charge on any atom is 0.255 e. The maximum absolute atomic E-state index is 13.9. The van der Waals surface area contributed by atoms with Crippen molar-refractivity contribution >= 4 is 40.5 Å². The molecule has 0 saturated heterocycles. The van der Waals surface area contributed by atoms with Crippen LogP contribution in [0, 0.1) is 11.8 Å². The van der Waals surface area contributed by atoms with Gasteiger partial charge >= 0.3 is 0 Å². The zero-order valence-electron chi connectivity index (χ0n) is 22.2. The van der Waals surface area contributed by atoms with E-state index in [1.165, 1.54) is 32.2 Å². The Labute approximate surface area is 224 Å². The average molecular weight is 545 g/mol. The number of benzene rings is 1. The van der Waals surface area contributed by atoms with E-state index in [9.17, 15) is 39.6 Å². The smallest absolute Gasteiger partial charge is 0.255 e. The number of nitrogens with one attached hydrogen (secondary N) is 1. The number of carbonyl (C=O) groups excluding carboxylic acids is 4. The van der Waals surface area contributed by atoms with Gasteiger partial charge in [0.2, 0.25) is 11.7 Å². The lowest BCUT2D eigenvalue weighted by Crippen LogP contribution is -2.65. The molecule has 3 aliphatic rings. The van der Waals surface area contributed by atoms with Crippen molar-refractivity contribution in [3.8, 4) is 5.75 Å². The number of hydrogen-bond acceptors (Lipinski definition) is 11. The molecule has 210 valence electrons. The Balaban J connectivity index is 1.97. The van der Waals surface area contributed by atoms with Gasteiger partial charge in [0.25, 0.3) is 5.91 Å². The molecule has 2 amide bonds. The molecule has 7 N–H and O–H groups in total. The number of fused-ring (bicyclic) bond motifs is 3. The first-order valence-corrected chi connectivity index (χ1v) is 12.2. The van der Waals surface area contributed by atoms with E-state index in [-0.39, 0.29) is 36.3 Å². The van der Waals surface area contributed by atoms with E-state index in [1.807, 2.05) is 0 Å². The molecule has 0 spiro atoms. The van der Waals surface area contributed by atoms with Crippen LogP contribution in [0.25, 0.3) is 5.76 Å². The molecular formula is C26H32N4O9. The van der Waals surface area contributed by atoms with E-state index in [2.05, 4.69) is 5.32 Å². The Bertz CT molecular complexity index is 1360. The number of phenols is 1. The summed E-state index contributed by atoms with van der Waals surface area (Å²) in [6.07, 6.45) is 0.105. The normalized spacial score (nSPS) is 26.3. The molecule has 2 unspecified atom stereocenters. The number of ketones is 2. The first-order chi connectivity index (χ1) is 18.2. The number of aliphatic hydroxyl groups is 3. The summed E-state index contributed by atoms with van der Waals surface area (Å²) in [7, 11) is 7.85. The van der Waals surface area contributed by atoms with Gasteiger partial charge in [0, 0.05) is 38.4 Å². The van der Waals surface area contributed by atoms with Gasteiger partial charge in [-0.05, 0) is 44.5 Å². The summed E-state index contributed by atoms with van der Waals surface area (Å²) in [5, 5.41) is 47.7. The number of hydrogen-bond donors (Lipinski definition) is 6. The second-order valence-corrected chi connectivity index (χ2v) is 10.5. The molecule has 1 fully saturated rings. The van der Waals surface area contributed by atoms with Crippen LogP contribution in [0.4, 0.5) is 11.4 Å². The third kappa shape index (κ3) is 4.04. The number of primary amides is 1. The number of rotatable bonds is 6. The number of amides is 2. The van der Waals surface area contributed by atoms with E-state index in [0.29, 0.717) is 11.3 Å². The molecule has 0 bridgehead atoms. The summed E-state index contributed by atoms with van der Waals surface area (Å²) < 4.78 is 4.82. The number of Topliss-reactive ketones (excluding diaryl/α,β-unsaturated/α-hetero) is 2. The van der Waals surface area contributed by atoms with Gasteiger partial charge in [0.1, 0.15) is 29.4 Å². The van der Waals surface area contributed by atoms with Crippen LogP contribution in [0.2, 0.25) is 0 Å². The summed E-state index contributed by atoms with van der Waals surface area (Å²) in [6, 6.07) is 0.365. The number of phenolic OH excluding ortho intramolecular Hbond substituents is 1. The third-order valence-electron chi connectivity index (χ3n) is 7.73. The number of methoxy groups -OCH3 is 1. The van der Waals surface area contributed by atoms with E-state index < -0.39 is 69.7 Å². The number of nitrogens with two attached hydrogens (primary N) is 1. The van der Waals surface area contributed by atoms with Crippen molar-refractivity contribution in [1.29, 1.82) is 0 Å². The first-order valence-electron chi connectivity index (χ1n) is 12.2. The molecule has 3 aliphatic carbocycles. The van der Waals surface area contributed by atoms with Crippen molar-refractivity contribution < 1.29 is 44.3 Å². The molecule has 1 saturated carbocycles. The van der Waals surface area contributed by atoms with E-state index in [0.717, 1.165) is 0 Å². The van der Waals surface area contributed by atoms with Gasteiger partial charge in [-0.3, -0.25) is 24.1 Å². The summed E-state index contributed by atoms with van der Waals surface area (Å²) in [6.45, 7) is -0.296. The SMILES string of the molecule is COCC(=O)Nc1cc(N(C)C)c2c(c1O)C(O)=C1C(=O)[C@]3(O)C(O)=C(C(N)=O)C(=O)[C@@H](N(C)C)C3CC1C2. The number of carbonyl (C=O) groups is 4. The van der Waals surface area contributed by atoms with Gasteiger partial charge in [0.05, 0.1) is 17.3 Å². The predicted molar refractivity (Wildman–Crippen MR) is 139 cm³/mol. The van der Waals surface area contributed by atoms with E-state index >= 15 is 0 Å². The van der Waals surface area contributed by atoms with Gasteiger partial charge in [0.15, 0.2) is 11.4 Å². The molecule has 13 nitrogen and oxygen atoms in total. The van der Waals surface area contributed by atoms with Gasteiger partial charge < -0.3 is 41.1 Å². The minimum atomic E-state index is -2.73. The van der Waals surface area contributed by atoms with Crippen molar-refractivity contribution in [2.75, 3.05) is 52.1 Å². The predicted octanol–water partition coefficient (Wildman–Crippen LogP) is -0.385. The van der Waals surface area contributed by atoms with Crippen molar-refractivity contribution in [3.63, 3.8) is 0 Å². The molecule has 0 heterocycles. The number of aliphatic hydroxyl groups excluding tert-OH is 2. The highest BCUT2D eigenvalue weighted by atomic mass is 16.5. The Kier molecular flexibility index (Phi) is 6.96. The summed E-state index contributed by atoms with van der Waals surface area (Å²) in [4.78, 5) is 54.6. The fraction of sp³-hybridized carbons (Fsp3) is 0.462. The molecule has 0 aliphatic heterocycles. The van der Waals surface area contributed by atoms with Crippen LogP contribution in [-0.2, 0) is 30.3 Å². The monoisotopic (exact) mass is 544 g/mol. The van der Waals surface area contributed by atoms with Crippen LogP contribution in [-0.4, -0.2) is 102 Å². The molecule has 1 aromatic rings. The number of likely N-dealkylation sites (N-methyl/N-ethyl adjacent to an activating group) is 1. The topological polar surface area (TPSA) is 203 Å². The quantitative estimate of drug-likeness (QED) is 0.201. The van der Waals surface area contributed by atoms with Crippen molar-refractivity contribution in [2.24, 2.45) is 17.6 Å². The molecule has 13 heteroatoms. The van der Waals surface area contributed by atoms with Gasteiger partial charge in [-0.25, -0.2) is 0 Å². The van der Waals surface area contributed by atoms with Crippen LogP contribution in [0.1, 0.15) is 17.5 Å². The second kappa shape index (κ2) is 9.67. The van der Waals surface area contributed by atoms with Crippen LogP contribution in [0.15, 0.2) is 23.0 Å². The van der Waals surface area contributed by atoms with Gasteiger partial charge in [-0.15, -0.1) is 0 Å². The minimum Gasteiger partial charge on any atom is -0.508 e. The van der Waals surface area contributed by atoms with Crippen molar-refractivity contribution in [3.05, 3.63) is 34.1 Å². The molecule has 0 aromatic heterocycles. The Morgan fingerprint density at radius 1 is 1.18 bits per heavy atom. The highest BCUT2D eigenvalue weighted by molar-refractivity contribution is 6.24. The van der Waals surface area contributed by atoms with Crippen LogP contribution < -0.4 is 16.0 Å². The lowest BCUT2D eigenvalue weighted by atomic mass is 9.57. The largest absolute Gasteiger partial charge is 0.508 e. The standard InChI is InChI=1S/C26H32N4O9/c1-29(2)14-8-13(28-15(31)9-39-5)20(32)17-11(14)6-10-7-12-19(30(3)4)22(34)18(25(27)37)24(36)26(12,38)23(35)16(10)21(17)33/h8,10,12,19,32-33,36,38H,6-7,9H2,1-5H3,(H2,27,37)(H,28,31)/t10?,12?,19-,26-/m0/s1. The minimum absolute atomic E-state index is 0.0221. The summed E-state index contributed by atoms with van der Waals surface area (Å²) in [5.41, 5.74) is 2.32.